The van der Waals surface area contributed by atoms with Gasteiger partial charge in [-0.25, -0.2) is 9.67 Å². The number of benzene rings is 3. The molecule has 0 aliphatic heterocycles. The summed E-state index contributed by atoms with van der Waals surface area (Å²) in [6.07, 6.45) is 3.16. The van der Waals surface area contributed by atoms with Crippen LogP contribution < -0.4 is 10.9 Å². The zero-order valence-corrected chi connectivity index (χ0v) is 19.3. The average molecular weight is 464 g/mol. The maximum absolute atomic E-state index is 13.0. The number of nitrogens with one attached hydrogen (secondary N) is 1. The number of fused-ring (bicyclic) bond motifs is 1. The van der Waals surface area contributed by atoms with E-state index in [2.05, 4.69) is 15.4 Å². The first-order valence-corrected chi connectivity index (χ1v) is 11.5. The second kappa shape index (κ2) is 9.77. The van der Waals surface area contributed by atoms with E-state index in [1.807, 2.05) is 91.9 Å². The Kier molecular flexibility index (Phi) is 6.22. The number of hydrogen-bond donors (Lipinski definition) is 1. The molecular weight excluding hydrogens is 438 g/mol. The molecule has 1 amide bonds. The standard InChI is InChI=1S/C28H25N5O2/c1-20-12-14-23(15-13-20)33-27-24(18-30-33)28(35)32(19-29-27)17-16-25(34)31-26(21-8-4-2-5-9-21)22-10-6-3-7-11-22/h2-15,18-19,26H,16-17H2,1H3,(H,31,34). The molecule has 0 bridgehead atoms. The van der Waals surface area contributed by atoms with Gasteiger partial charge in [-0.15, -0.1) is 0 Å². The maximum Gasteiger partial charge on any atom is 0.264 e. The number of amides is 1. The first-order chi connectivity index (χ1) is 17.1. The van der Waals surface area contributed by atoms with Gasteiger partial charge in [-0.2, -0.15) is 5.10 Å². The van der Waals surface area contributed by atoms with Crippen LogP contribution in [-0.2, 0) is 11.3 Å². The van der Waals surface area contributed by atoms with Crippen LogP contribution in [-0.4, -0.2) is 25.2 Å². The van der Waals surface area contributed by atoms with E-state index < -0.39 is 0 Å². The highest BCUT2D eigenvalue weighted by Crippen LogP contribution is 2.22. The second-order valence-electron chi connectivity index (χ2n) is 8.44. The summed E-state index contributed by atoms with van der Waals surface area (Å²) in [7, 11) is 0. The lowest BCUT2D eigenvalue weighted by Gasteiger charge is -2.20. The Morgan fingerprint density at radius 1 is 0.914 bits per heavy atom. The molecular formula is C28H25N5O2. The highest BCUT2D eigenvalue weighted by molar-refractivity contribution is 5.77. The average Bonchev–Trinajstić information content (AvgIpc) is 3.33. The molecule has 5 aromatic rings. The fraction of sp³-hybridized carbons (Fsp3) is 0.143. The Hall–Kier alpha value is -4.52. The van der Waals surface area contributed by atoms with E-state index in [1.54, 1.807) is 4.68 Å². The Morgan fingerprint density at radius 3 is 2.17 bits per heavy atom. The highest BCUT2D eigenvalue weighted by Gasteiger charge is 2.17. The summed E-state index contributed by atoms with van der Waals surface area (Å²) >= 11 is 0. The van der Waals surface area contributed by atoms with Crippen molar-refractivity contribution in [2.75, 3.05) is 0 Å². The number of carbonyl (C=O) groups excluding carboxylic acids is 1. The fourth-order valence-corrected chi connectivity index (χ4v) is 4.09. The first kappa shape index (κ1) is 22.3. The highest BCUT2D eigenvalue weighted by atomic mass is 16.2. The summed E-state index contributed by atoms with van der Waals surface area (Å²) in [6, 6.07) is 27.3. The third-order valence-electron chi connectivity index (χ3n) is 5.98. The van der Waals surface area contributed by atoms with Crippen molar-refractivity contribution < 1.29 is 4.79 Å². The molecule has 0 fully saturated rings. The predicted molar refractivity (Wildman–Crippen MR) is 135 cm³/mol. The summed E-state index contributed by atoms with van der Waals surface area (Å²) < 4.78 is 3.11. The van der Waals surface area contributed by atoms with Gasteiger partial charge in [0.15, 0.2) is 5.65 Å². The molecule has 0 saturated carbocycles. The van der Waals surface area contributed by atoms with Crippen LogP contribution in [0.1, 0.15) is 29.2 Å². The normalized spacial score (nSPS) is 11.1. The molecule has 3 aromatic carbocycles. The van der Waals surface area contributed by atoms with E-state index in [4.69, 9.17) is 0 Å². The van der Waals surface area contributed by atoms with Crippen LogP contribution in [0.15, 0.2) is 102 Å². The lowest BCUT2D eigenvalue weighted by Crippen LogP contribution is -2.31. The molecule has 7 nitrogen and oxygen atoms in total. The minimum atomic E-state index is -0.269. The minimum absolute atomic E-state index is 0.148. The molecule has 35 heavy (non-hydrogen) atoms. The van der Waals surface area contributed by atoms with Crippen LogP contribution in [0.25, 0.3) is 16.7 Å². The number of aryl methyl sites for hydroxylation is 2. The molecule has 0 aliphatic rings. The monoisotopic (exact) mass is 463 g/mol. The molecule has 7 heteroatoms. The number of carbonyl (C=O) groups is 1. The van der Waals surface area contributed by atoms with Gasteiger partial charge in [-0.05, 0) is 30.2 Å². The Bertz CT molecular complexity index is 1470. The van der Waals surface area contributed by atoms with Crippen molar-refractivity contribution >= 4 is 16.9 Å². The van der Waals surface area contributed by atoms with Crippen LogP contribution >= 0.6 is 0 Å². The molecule has 5 rings (SSSR count). The summed E-state index contributed by atoms with van der Waals surface area (Å²) in [5.41, 5.74) is 4.24. The number of hydrogen-bond acceptors (Lipinski definition) is 4. The van der Waals surface area contributed by atoms with Crippen LogP contribution in [0, 0.1) is 6.92 Å². The van der Waals surface area contributed by atoms with E-state index in [0.29, 0.717) is 11.0 Å². The van der Waals surface area contributed by atoms with E-state index in [1.165, 1.54) is 17.1 Å². The van der Waals surface area contributed by atoms with Gasteiger partial charge in [-0.1, -0.05) is 78.4 Å². The molecule has 1 N–H and O–H groups in total. The number of rotatable bonds is 7. The van der Waals surface area contributed by atoms with Crippen molar-refractivity contribution in [2.45, 2.75) is 25.9 Å². The second-order valence-corrected chi connectivity index (χ2v) is 8.44. The van der Waals surface area contributed by atoms with Crippen molar-refractivity contribution in [1.29, 1.82) is 0 Å². The van der Waals surface area contributed by atoms with E-state index in [0.717, 1.165) is 22.4 Å². The molecule has 0 saturated heterocycles. The van der Waals surface area contributed by atoms with Crippen molar-refractivity contribution in [3.63, 3.8) is 0 Å². The Balaban J connectivity index is 1.33. The quantitative estimate of drug-likeness (QED) is 0.393. The molecule has 174 valence electrons. The van der Waals surface area contributed by atoms with Crippen LogP contribution in [0.4, 0.5) is 0 Å². The van der Waals surface area contributed by atoms with Crippen molar-refractivity contribution in [3.8, 4) is 5.69 Å². The molecule has 2 aromatic heterocycles. The topological polar surface area (TPSA) is 81.8 Å². The third kappa shape index (κ3) is 4.75. The van der Waals surface area contributed by atoms with Gasteiger partial charge in [0.25, 0.3) is 5.56 Å². The zero-order valence-electron chi connectivity index (χ0n) is 19.3. The first-order valence-electron chi connectivity index (χ1n) is 11.5. The van der Waals surface area contributed by atoms with E-state index >= 15 is 0 Å². The number of nitrogens with zero attached hydrogens (tertiary/aromatic N) is 4. The van der Waals surface area contributed by atoms with Gasteiger partial charge >= 0.3 is 0 Å². The Morgan fingerprint density at radius 2 is 1.54 bits per heavy atom. The lowest BCUT2D eigenvalue weighted by atomic mass is 9.98. The fourth-order valence-electron chi connectivity index (χ4n) is 4.09. The SMILES string of the molecule is Cc1ccc(-n2ncc3c(=O)n(CCC(=O)NC(c4ccccc4)c4ccccc4)cnc32)cc1. The van der Waals surface area contributed by atoms with Crippen LogP contribution in [0.2, 0.25) is 0 Å². The lowest BCUT2D eigenvalue weighted by molar-refractivity contribution is -0.121. The largest absolute Gasteiger partial charge is 0.345 e. The maximum atomic E-state index is 13.0. The predicted octanol–water partition coefficient (Wildman–Crippen LogP) is 4.19. The van der Waals surface area contributed by atoms with Gasteiger partial charge < -0.3 is 5.32 Å². The van der Waals surface area contributed by atoms with E-state index in [-0.39, 0.29) is 30.5 Å². The minimum Gasteiger partial charge on any atom is -0.345 e. The van der Waals surface area contributed by atoms with Crippen LogP contribution in [0.3, 0.4) is 0 Å². The molecule has 2 heterocycles. The molecule has 0 spiro atoms. The summed E-state index contributed by atoms with van der Waals surface area (Å²) in [6.45, 7) is 2.24. The van der Waals surface area contributed by atoms with Gasteiger partial charge in [0.05, 0.1) is 24.3 Å². The van der Waals surface area contributed by atoms with Crippen molar-refractivity contribution in [3.05, 3.63) is 124 Å². The molecule has 0 atom stereocenters. The van der Waals surface area contributed by atoms with Crippen LogP contribution in [0.5, 0.6) is 0 Å². The number of aromatic nitrogens is 4. The zero-order chi connectivity index (χ0) is 24.2. The third-order valence-corrected chi connectivity index (χ3v) is 5.98. The molecule has 0 radical (unpaired) electrons. The molecule has 0 aliphatic carbocycles. The van der Waals surface area contributed by atoms with Gasteiger partial charge in [0.1, 0.15) is 5.39 Å². The van der Waals surface area contributed by atoms with E-state index in [9.17, 15) is 9.59 Å². The van der Waals surface area contributed by atoms with Gasteiger partial charge in [-0.3, -0.25) is 14.2 Å². The summed E-state index contributed by atoms with van der Waals surface area (Å²) in [4.78, 5) is 30.4. The molecule has 0 unspecified atom stereocenters. The smallest absolute Gasteiger partial charge is 0.264 e. The van der Waals surface area contributed by atoms with Crippen molar-refractivity contribution in [2.24, 2.45) is 0 Å². The summed E-state index contributed by atoms with van der Waals surface area (Å²) in [5, 5.41) is 7.89. The van der Waals surface area contributed by atoms with Gasteiger partial charge in [0, 0.05) is 13.0 Å². The van der Waals surface area contributed by atoms with Gasteiger partial charge in [0.2, 0.25) is 5.91 Å². The Labute approximate surface area is 202 Å². The summed E-state index contributed by atoms with van der Waals surface area (Å²) in [5.74, 6) is -0.148. The van der Waals surface area contributed by atoms with Crippen molar-refractivity contribution in [1.82, 2.24) is 24.6 Å².